The Balaban J connectivity index is 2.22. The molecule has 0 bridgehead atoms. The van der Waals surface area contributed by atoms with E-state index in [9.17, 15) is 4.79 Å². The summed E-state index contributed by atoms with van der Waals surface area (Å²) >= 11 is 5.73. The van der Waals surface area contributed by atoms with E-state index in [4.69, 9.17) is 11.6 Å². The Morgan fingerprint density at radius 3 is 3.36 bits per heavy atom. The molecule has 4 nitrogen and oxygen atoms in total. The van der Waals surface area contributed by atoms with E-state index in [2.05, 4.69) is 16.8 Å². The van der Waals surface area contributed by atoms with Crippen molar-refractivity contribution in [1.82, 2.24) is 9.55 Å². The minimum absolute atomic E-state index is 0.128. The highest BCUT2D eigenvalue weighted by Gasteiger charge is 2.31. The fourth-order valence-corrected chi connectivity index (χ4v) is 2.04. The molecular formula is C9H6ClN3O. The number of aromatic nitrogens is 2. The molecule has 0 aliphatic carbocycles. The van der Waals surface area contributed by atoms with Crippen molar-refractivity contribution in [2.75, 3.05) is 11.4 Å². The van der Waals surface area contributed by atoms with Gasteiger partial charge in [0.05, 0.1) is 13.1 Å². The second-order valence-electron chi connectivity index (χ2n) is 3.30. The first-order valence-corrected chi connectivity index (χ1v) is 4.66. The van der Waals surface area contributed by atoms with E-state index in [1.54, 1.807) is 10.6 Å². The third-order valence-corrected chi connectivity index (χ3v) is 2.70. The number of halogens is 1. The largest absolute Gasteiger partial charge is 0.350 e. The van der Waals surface area contributed by atoms with Crippen LogP contribution in [0.25, 0.3) is 0 Å². The second-order valence-corrected chi connectivity index (χ2v) is 3.68. The van der Waals surface area contributed by atoms with Crippen LogP contribution in [0.15, 0.2) is 10.9 Å². The van der Waals surface area contributed by atoms with Gasteiger partial charge in [0.1, 0.15) is 17.0 Å². The van der Waals surface area contributed by atoms with Gasteiger partial charge in [-0.3, -0.25) is 4.57 Å². The Kier molecular flexibility index (Phi) is 1.42. The fraction of sp³-hybridized carbons (Fsp3) is 0.333. The number of anilines is 1. The SMILES string of the molecule is O=c1nc(Cl)cc2n1CC1C#CCN21. The molecule has 1 aromatic rings. The summed E-state index contributed by atoms with van der Waals surface area (Å²) in [5.74, 6) is 6.88. The molecule has 1 aromatic heterocycles. The Morgan fingerprint density at radius 2 is 2.50 bits per heavy atom. The lowest BCUT2D eigenvalue weighted by atomic mass is 10.3. The lowest BCUT2D eigenvalue weighted by Gasteiger charge is -2.15. The highest BCUT2D eigenvalue weighted by Crippen LogP contribution is 2.26. The van der Waals surface area contributed by atoms with E-state index < -0.39 is 0 Å². The van der Waals surface area contributed by atoms with Crippen molar-refractivity contribution in [1.29, 1.82) is 0 Å². The number of hydrogen-bond acceptors (Lipinski definition) is 3. The quantitative estimate of drug-likeness (QED) is 0.448. The van der Waals surface area contributed by atoms with E-state index in [0.717, 1.165) is 5.82 Å². The third kappa shape index (κ3) is 0.904. The Morgan fingerprint density at radius 1 is 1.64 bits per heavy atom. The van der Waals surface area contributed by atoms with E-state index >= 15 is 0 Å². The average molecular weight is 208 g/mol. The van der Waals surface area contributed by atoms with E-state index in [1.165, 1.54) is 0 Å². The predicted octanol–water partition coefficient (Wildman–Crippen LogP) is 0.102. The van der Waals surface area contributed by atoms with E-state index in [-0.39, 0.29) is 16.9 Å². The Bertz CT molecular complexity index is 525. The number of rotatable bonds is 0. The monoisotopic (exact) mass is 207 g/mol. The third-order valence-electron chi connectivity index (χ3n) is 2.50. The first-order chi connectivity index (χ1) is 6.75. The van der Waals surface area contributed by atoms with Crippen LogP contribution in [0.2, 0.25) is 5.15 Å². The maximum atomic E-state index is 11.5. The standard InChI is InChI=1S/C9H6ClN3O/c10-7-4-8-12-3-1-2-6(12)5-13(8)9(14)11-7/h4,6H,3,5H2. The Labute approximate surface area is 85.1 Å². The van der Waals surface area contributed by atoms with Gasteiger partial charge in [-0.2, -0.15) is 4.98 Å². The molecule has 0 spiro atoms. The van der Waals surface area contributed by atoms with Crippen molar-refractivity contribution >= 4 is 17.4 Å². The maximum Gasteiger partial charge on any atom is 0.350 e. The normalized spacial score (nSPS) is 21.5. The van der Waals surface area contributed by atoms with Crippen molar-refractivity contribution in [3.8, 4) is 11.8 Å². The van der Waals surface area contributed by atoms with Crippen LogP contribution in [0.3, 0.4) is 0 Å². The van der Waals surface area contributed by atoms with Crippen molar-refractivity contribution < 1.29 is 0 Å². The zero-order valence-electron chi connectivity index (χ0n) is 7.20. The predicted molar refractivity (Wildman–Crippen MR) is 52.4 cm³/mol. The van der Waals surface area contributed by atoms with Crippen LogP contribution in [-0.2, 0) is 6.54 Å². The topological polar surface area (TPSA) is 38.1 Å². The number of fused-ring (bicyclic) bond motifs is 3. The summed E-state index contributed by atoms with van der Waals surface area (Å²) in [6.45, 7) is 1.27. The van der Waals surface area contributed by atoms with Crippen molar-refractivity contribution in [3.63, 3.8) is 0 Å². The molecular weight excluding hydrogens is 202 g/mol. The van der Waals surface area contributed by atoms with Gasteiger partial charge < -0.3 is 4.90 Å². The van der Waals surface area contributed by atoms with Crippen LogP contribution in [0.4, 0.5) is 5.82 Å². The summed E-state index contributed by atoms with van der Waals surface area (Å²) in [6.07, 6.45) is 0. The van der Waals surface area contributed by atoms with Gasteiger partial charge in [0.15, 0.2) is 0 Å². The minimum Gasteiger partial charge on any atom is -0.331 e. The number of nitrogens with zero attached hydrogens (tertiary/aromatic N) is 3. The molecule has 0 saturated carbocycles. The van der Waals surface area contributed by atoms with E-state index in [1.807, 2.05) is 4.90 Å². The summed E-state index contributed by atoms with van der Waals surface area (Å²) in [6, 6.07) is 1.83. The van der Waals surface area contributed by atoms with Crippen molar-refractivity contribution in [3.05, 3.63) is 21.7 Å². The molecule has 3 rings (SSSR count). The van der Waals surface area contributed by atoms with Crippen LogP contribution < -0.4 is 10.6 Å². The fourth-order valence-electron chi connectivity index (χ4n) is 1.87. The summed E-state index contributed by atoms with van der Waals surface area (Å²) in [5, 5.41) is 0.244. The van der Waals surface area contributed by atoms with Crippen LogP contribution in [0, 0.1) is 11.8 Å². The molecule has 2 aliphatic heterocycles. The molecule has 14 heavy (non-hydrogen) atoms. The lowest BCUT2D eigenvalue weighted by molar-refractivity contribution is 0.686. The van der Waals surface area contributed by atoms with Gasteiger partial charge in [0.25, 0.3) is 0 Å². The molecule has 1 unspecified atom stereocenters. The number of hydrogen-bond donors (Lipinski definition) is 0. The Hall–Kier alpha value is -1.47. The minimum atomic E-state index is -0.288. The highest BCUT2D eigenvalue weighted by molar-refractivity contribution is 6.29. The van der Waals surface area contributed by atoms with Crippen LogP contribution >= 0.6 is 11.6 Å². The molecule has 70 valence electrons. The van der Waals surface area contributed by atoms with Crippen molar-refractivity contribution in [2.45, 2.75) is 12.6 Å². The highest BCUT2D eigenvalue weighted by atomic mass is 35.5. The van der Waals surface area contributed by atoms with Gasteiger partial charge in [-0.25, -0.2) is 4.79 Å². The smallest absolute Gasteiger partial charge is 0.331 e. The summed E-state index contributed by atoms with van der Waals surface area (Å²) in [5.41, 5.74) is -0.288. The zero-order chi connectivity index (χ0) is 9.71. The van der Waals surface area contributed by atoms with Gasteiger partial charge in [0, 0.05) is 6.07 Å². The summed E-state index contributed by atoms with van der Waals surface area (Å²) in [7, 11) is 0. The molecule has 5 heteroatoms. The lowest BCUT2D eigenvalue weighted by Crippen LogP contribution is -2.26. The molecule has 2 aliphatic rings. The van der Waals surface area contributed by atoms with Gasteiger partial charge >= 0.3 is 5.69 Å². The van der Waals surface area contributed by atoms with Gasteiger partial charge in [-0.1, -0.05) is 23.4 Å². The first kappa shape index (κ1) is 7.89. The maximum absolute atomic E-state index is 11.5. The summed E-state index contributed by atoms with van der Waals surface area (Å²) < 4.78 is 1.62. The summed E-state index contributed by atoms with van der Waals surface area (Å²) in [4.78, 5) is 17.2. The average Bonchev–Trinajstić information content (AvgIpc) is 2.65. The van der Waals surface area contributed by atoms with E-state index in [0.29, 0.717) is 13.1 Å². The van der Waals surface area contributed by atoms with Gasteiger partial charge in [0.2, 0.25) is 0 Å². The zero-order valence-corrected chi connectivity index (χ0v) is 7.95. The molecule has 3 heterocycles. The van der Waals surface area contributed by atoms with Crippen LogP contribution in [-0.4, -0.2) is 22.1 Å². The molecule has 0 fully saturated rings. The second kappa shape index (κ2) is 2.52. The van der Waals surface area contributed by atoms with Crippen molar-refractivity contribution in [2.24, 2.45) is 0 Å². The first-order valence-electron chi connectivity index (χ1n) is 4.28. The molecule has 0 saturated heterocycles. The van der Waals surface area contributed by atoms with Crippen LogP contribution in [0.1, 0.15) is 0 Å². The van der Waals surface area contributed by atoms with Gasteiger partial charge in [-0.15, -0.1) is 0 Å². The molecule has 0 amide bonds. The molecule has 0 aromatic carbocycles. The molecule has 0 radical (unpaired) electrons. The molecule has 1 atom stereocenters. The molecule has 0 N–H and O–H groups in total. The van der Waals surface area contributed by atoms with Crippen LogP contribution in [0.5, 0.6) is 0 Å². The van der Waals surface area contributed by atoms with Gasteiger partial charge in [-0.05, 0) is 0 Å².